The van der Waals surface area contributed by atoms with Gasteiger partial charge in [0.05, 0.1) is 0 Å². The summed E-state index contributed by atoms with van der Waals surface area (Å²) in [5.74, 6) is 0.231. The molecule has 1 aliphatic carbocycles. The molecule has 0 aromatic carbocycles. The molecule has 1 aliphatic rings. The van der Waals surface area contributed by atoms with Gasteiger partial charge in [-0.15, -0.1) is 0 Å². The van der Waals surface area contributed by atoms with Gasteiger partial charge in [0.15, 0.2) is 5.78 Å². The summed E-state index contributed by atoms with van der Waals surface area (Å²) < 4.78 is 0. The molecule has 0 saturated carbocycles. The van der Waals surface area contributed by atoms with E-state index in [1.807, 2.05) is 12.2 Å². The van der Waals surface area contributed by atoms with E-state index in [4.69, 9.17) is 0 Å². The van der Waals surface area contributed by atoms with Gasteiger partial charge in [-0.25, -0.2) is 0 Å². The molecular formula is C7H8O. The van der Waals surface area contributed by atoms with Crippen LogP contribution in [0.1, 0.15) is 12.8 Å². The van der Waals surface area contributed by atoms with E-state index in [-0.39, 0.29) is 5.78 Å². The van der Waals surface area contributed by atoms with Crippen molar-refractivity contribution >= 4 is 5.78 Å². The summed E-state index contributed by atoms with van der Waals surface area (Å²) in [4.78, 5) is 10.6. The van der Waals surface area contributed by atoms with Gasteiger partial charge in [-0.3, -0.25) is 4.79 Å². The molecule has 0 atom stereocenters. The zero-order valence-electron chi connectivity index (χ0n) is 4.63. The first-order valence-electron chi connectivity index (χ1n) is 2.75. The monoisotopic (exact) mass is 108 g/mol. The summed E-state index contributed by atoms with van der Waals surface area (Å²) in [5.41, 5.74) is 0. The number of carbonyl (C=O) groups excluding carboxylic acids is 1. The molecular weight excluding hydrogens is 100 g/mol. The second-order valence-electron chi connectivity index (χ2n) is 1.79. The van der Waals surface area contributed by atoms with Gasteiger partial charge >= 0.3 is 0 Å². The third kappa shape index (κ3) is 1.34. The standard InChI is InChI=1S/C7H8O/c8-7-5-3-1-2-4-6-7/h1-3,5H,4,6H2. The second kappa shape index (κ2) is 2.46. The van der Waals surface area contributed by atoms with Gasteiger partial charge in [0, 0.05) is 6.42 Å². The van der Waals surface area contributed by atoms with Crippen LogP contribution < -0.4 is 0 Å². The van der Waals surface area contributed by atoms with Gasteiger partial charge in [-0.05, 0) is 12.5 Å². The van der Waals surface area contributed by atoms with E-state index < -0.39 is 0 Å². The summed E-state index contributed by atoms with van der Waals surface area (Å²) in [7, 11) is 0. The van der Waals surface area contributed by atoms with Crippen LogP contribution >= 0.6 is 0 Å². The zero-order chi connectivity index (χ0) is 5.82. The first kappa shape index (κ1) is 5.29. The van der Waals surface area contributed by atoms with Crippen molar-refractivity contribution in [1.82, 2.24) is 0 Å². The highest BCUT2D eigenvalue weighted by molar-refractivity contribution is 5.90. The zero-order valence-corrected chi connectivity index (χ0v) is 4.63. The van der Waals surface area contributed by atoms with Crippen molar-refractivity contribution in [2.45, 2.75) is 12.8 Å². The Hall–Kier alpha value is -0.850. The predicted octanol–water partition coefficient (Wildman–Crippen LogP) is 1.46. The predicted molar refractivity (Wildman–Crippen MR) is 32.5 cm³/mol. The molecule has 0 aromatic rings. The van der Waals surface area contributed by atoms with Crippen LogP contribution in [0.2, 0.25) is 0 Å². The molecule has 0 radical (unpaired) electrons. The Bertz CT molecular complexity index is 142. The van der Waals surface area contributed by atoms with Crippen LogP contribution in [0, 0.1) is 0 Å². The molecule has 0 heterocycles. The lowest BCUT2D eigenvalue weighted by Crippen LogP contribution is -1.87. The third-order valence-corrected chi connectivity index (χ3v) is 1.09. The number of rotatable bonds is 0. The summed E-state index contributed by atoms with van der Waals surface area (Å²) in [5, 5.41) is 0. The van der Waals surface area contributed by atoms with Crippen LogP contribution in [0.25, 0.3) is 0 Å². The molecule has 42 valence electrons. The Morgan fingerprint density at radius 1 is 1.38 bits per heavy atom. The number of hydrogen-bond donors (Lipinski definition) is 0. The average Bonchev–Trinajstić information content (AvgIpc) is 1.94. The first-order chi connectivity index (χ1) is 3.89. The van der Waals surface area contributed by atoms with Crippen LogP contribution in [0.5, 0.6) is 0 Å². The quantitative estimate of drug-likeness (QED) is 0.459. The summed E-state index contributed by atoms with van der Waals surface area (Å²) in [6, 6.07) is 0. The summed E-state index contributed by atoms with van der Waals surface area (Å²) >= 11 is 0. The van der Waals surface area contributed by atoms with Crippen molar-refractivity contribution in [3.63, 3.8) is 0 Å². The van der Waals surface area contributed by atoms with Crippen LogP contribution in [0.4, 0.5) is 0 Å². The maximum absolute atomic E-state index is 10.6. The van der Waals surface area contributed by atoms with Crippen LogP contribution in [0.15, 0.2) is 24.3 Å². The van der Waals surface area contributed by atoms with E-state index in [1.54, 1.807) is 12.2 Å². The molecule has 0 bridgehead atoms. The highest BCUT2D eigenvalue weighted by Crippen LogP contribution is 1.98. The molecule has 0 amide bonds. The fourth-order valence-corrected chi connectivity index (χ4v) is 0.647. The Balaban J connectivity index is 2.58. The van der Waals surface area contributed by atoms with E-state index in [2.05, 4.69) is 0 Å². The minimum atomic E-state index is 0.231. The van der Waals surface area contributed by atoms with Crippen molar-refractivity contribution in [2.75, 3.05) is 0 Å². The smallest absolute Gasteiger partial charge is 0.155 e. The normalized spacial score (nSPS) is 18.8. The number of ketones is 1. The maximum Gasteiger partial charge on any atom is 0.155 e. The molecule has 0 spiro atoms. The van der Waals surface area contributed by atoms with Gasteiger partial charge in [-0.2, -0.15) is 0 Å². The molecule has 0 aromatic heterocycles. The molecule has 0 aliphatic heterocycles. The Morgan fingerprint density at radius 3 is 3.12 bits per heavy atom. The van der Waals surface area contributed by atoms with Crippen molar-refractivity contribution in [3.05, 3.63) is 24.3 Å². The van der Waals surface area contributed by atoms with Gasteiger partial charge in [0.25, 0.3) is 0 Å². The van der Waals surface area contributed by atoms with Crippen molar-refractivity contribution < 1.29 is 4.79 Å². The van der Waals surface area contributed by atoms with Crippen molar-refractivity contribution in [2.24, 2.45) is 0 Å². The Labute approximate surface area is 48.7 Å². The molecule has 1 rings (SSSR count). The van der Waals surface area contributed by atoms with Crippen molar-refractivity contribution in [1.29, 1.82) is 0 Å². The molecule has 1 nitrogen and oxygen atoms in total. The van der Waals surface area contributed by atoms with E-state index >= 15 is 0 Å². The highest BCUT2D eigenvalue weighted by atomic mass is 16.1. The van der Waals surface area contributed by atoms with Crippen LogP contribution in [-0.2, 0) is 4.79 Å². The summed E-state index contributed by atoms with van der Waals surface area (Å²) in [6.07, 6.45) is 8.88. The fraction of sp³-hybridized carbons (Fsp3) is 0.286. The second-order valence-corrected chi connectivity index (χ2v) is 1.79. The van der Waals surface area contributed by atoms with E-state index in [0.717, 1.165) is 6.42 Å². The Morgan fingerprint density at radius 2 is 2.25 bits per heavy atom. The number of allylic oxidation sites excluding steroid dienone is 4. The molecule has 1 heteroatoms. The van der Waals surface area contributed by atoms with Crippen LogP contribution in [-0.4, -0.2) is 5.78 Å². The number of hydrogen-bond acceptors (Lipinski definition) is 1. The van der Waals surface area contributed by atoms with Gasteiger partial charge in [-0.1, -0.05) is 18.2 Å². The topological polar surface area (TPSA) is 17.1 Å². The minimum Gasteiger partial charge on any atom is -0.295 e. The average molecular weight is 108 g/mol. The molecule has 8 heavy (non-hydrogen) atoms. The fourth-order valence-electron chi connectivity index (χ4n) is 0.647. The Kier molecular flexibility index (Phi) is 1.62. The lowest BCUT2D eigenvalue weighted by atomic mass is 10.2. The van der Waals surface area contributed by atoms with Gasteiger partial charge < -0.3 is 0 Å². The van der Waals surface area contributed by atoms with Crippen molar-refractivity contribution in [3.8, 4) is 0 Å². The van der Waals surface area contributed by atoms with Gasteiger partial charge in [0.2, 0.25) is 0 Å². The molecule has 0 unspecified atom stereocenters. The number of carbonyl (C=O) groups is 1. The SMILES string of the molecule is O=C1C=CC=CCC1. The van der Waals surface area contributed by atoms with Gasteiger partial charge in [0.1, 0.15) is 0 Å². The summed E-state index contributed by atoms with van der Waals surface area (Å²) in [6.45, 7) is 0. The van der Waals surface area contributed by atoms with Crippen LogP contribution in [0.3, 0.4) is 0 Å². The molecule has 0 fully saturated rings. The largest absolute Gasteiger partial charge is 0.295 e. The van der Waals surface area contributed by atoms with E-state index in [1.165, 1.54) is 0 Å². The maximum atomic E-state index is 10.6. The van der Waals surface area contributed by atoms with E-state index in [9.17, 15) is 4.79 Å². The molecule has 0 saturated heterocycles. The lowest BCUT2D eigenvalue weighted by molar-refractivity contribution is -0.114. The highest BCUT2D eigenvalue weighted by Gasteiger charge is 1.94. The lowest BCUT2D eigenvalue weighted by Gasteiger charge is -1.82. The first-order valence-corrected chi connectivity index (χ1v) is 2.75. The van der Waals surface area contributed by atoms with E-state index in [0.29, 0.717) is 6.42 Å². The third-order valence-electron chi connectivity index (χ3n) is 1.09. The molecule has 0 N–H and O–H groups in total. The minimum absolute atomic E-state index is 0.231.